The number of nitrogens with zero attached hydrogens (tertiary/aromatic N) is 1. The van der Waals surface area contributed by atoms with Crippen LogP contribution in [0.1, 0.15) is 60.5 Å². The highest BCUT2D eigenvalue weighted by Gasteiger charge is 2.37. The second-order valence-corrected chi connectivity index (χ2v) is 13.5. The summed E-state index contributed by atoms with van der Waals surface area (Å²) in [5, 5.41) is 11.7. The first kappa shape index (κ1) is 28.0. The average Bonchev–Trinajstić information content (AvgIpc) is 2.88. The Balaban J connectivity index is 1.52. The zero-order chi connectivity index (χ0) is 27.6. The van der Waals surface area contributed by atoms with Crippen molar-refractivity contribution < 1.29 is 23.1 Å². The van der Waals surface area contributed by atoms with Crippen molar-refractivity contribution in [2.24, 2.45) is 17.8 Å². The summed E-state index contributed by atoms with van der Waals surface area (Å²) in [5.41, 5.74) is 3.37. The standard InChI is InChI=1S/C30H37ClN2O5S/c1-20-5-4-7-28(34)26-12-9-23(26)17-33-14-3-2-6-21-15-25(31)11-8-24(21)18-38-29-13-10-22(16-27(29)33)30(35)32-39(36,37)19-20/h4,7-8,10-11,13,15-16,20,23,26,28,34H,2-3,5-6,9,12,14,17-19H2,1H3,(H,32,35,36,37)/p+1/b7-4+/t20-,23-,26+,28-/m0/s1. The van der Waals surface area contributed by atoms with Crippen molar-refractivity contribution in [1.82, 2.24) is 4.72 Å². The number of aliphatic hydroxyl groups excluding tert-OH is 1. The third-order valence-electron chi connectivity index (χ3n) is 8.24. The summed E-state index contributed by atoms with van der Waals surface area (Å²) in [6.45, 7) is 3.75. The van der Waals surface area contributed by atoms with Gasteiger partial charge in [-0.2, -0.15) is 4.21 Å². The molecule has 5 atom stereocenters. The fourth-order valence-electron chi connectivity index (χ4n) is 5.93. The predicted molar refractivity (Wildman–Crippen MR) is 155 cm³/mol. The van der Waals surface area contributed by atoms with Crippen molar-refractivity contribution in [2.75, 3.05) is 23.7 Å². The van der Waals surface area contributed by atoms with Crippen molar-refractivity contribution in [1.29, 1.82) is 0 Å². The van der Waals surface area contributed by atoms with Gasteiger partial charge < -0.3 is 14.7 Å². The van der Waals surface area contributed by atoms with Crippen LogP contribution in [-0.4, -0.2) is 44.4 Å². The monoisotopic (exact) mass is 573 g/mol. The third-order valence-corrected chi connectivity index (χ3v) is 10.0. The lowest BCUT2D eigenvalue weighted by atomic mass is 9.70. The van der Waals surface area contributed by atoms with Crippen molar-refractivity contribution in [3.63, 3.8) is 0 Å². The van der Waals surface area contributed by atoms with Crippen molar-refractivity contribution in [2.45, 2.75) is 58.2 Å². The van der Waals surface area contributed by atoms with E-state index in [0.29, 0.717) is 35.3 Å². The molecule has 1 fully saturated rings. The second kappa shape index (κ2) is 11.9. The number of halogens is 1. The van der Waals surface area contributed by atoms with Crippen LogP contribution in [0, 0.1) is 17.8 Å². The van der Waals surface area contributed by atoms with E-state index in [1.165, 1.54) is 5.56 Å². The van der Waals surface area contributed by atoms with Gasteiger partial charge in [-0.25, -0.2) is 8.93 Å². The Morgan fingerprint density at radius 1 is 1.15 bits per heavy atom. The fourth-order valence-corrected chi connectivity index (χ4v) is 7.52. The van der Waals surface area contributed by atoms with Gasteiger partial charge in [-0.15, -0.1) is 0 Å². The van der Waals surface area contributed by atoms with E-state index in [4.69, 9.17) is 16.3 Å². The lowest BCUT2D eigenvalue weighted by Gasteiger charge is -2.42. The Bertz CT molecular complexity index is 1340. The van der Waals surface area contributed by atoms with E-state index in [1.54, 1.807) is 18.2 Å². The largest absolute Gasteiger partial charge is 0.487 e. The van der Waals surface area contributed by atoms with Gasteiger partial charge in [0, 0.05) is 23.7 Å². The zero-order valence-electron chi connectivity index (χ0n) is 22.4. The summed E-state index contributed by atoms with van der Waals surface area (Å²) in [6, 6.07) is 11.1. The molecule has 5 rings (SSSR count). The van der Waals surface area contributed by atoms with Gasteiger partial charge in [-0.1, -0.05) is 36.7 Å². The molecular weight excluding hydrogens is 536 g/mol. The molecule has 1 saturated carbocycles. The van der Waals surface area contributed by atoms with Crippen LogP contribution < -0.4 is 14.4 Å². The lowest BCUT2D eigenvalue weighted by Crippen LogP contribution is -2.43. The number of ether oxygens (including phenoxy) is 1. The molecule has 0 saturated heterocycles. The molecule has 3 N–H and O–H groups in total. The molecule has 0 spiro atoms. The number of hydrogen-bond acceptors (Lipinski definition) is 5. The number of amides is 1. The molecule has 1 unspecified atom stereocenters. The van der Waals surface area contributed by atoms with E-state index >= 15 is 0 Å². The quantitative estimate of drug-likeness (QED) is 0.331. The smallest absolute Gasteiger partial charge is 0.368 e. The van der Waals surface area contributed by atoms with Gasteiger partial charge in [0.15, 0.2) is 0 Å². The zero-order valence-corrected chi connectivity index (χ0v) is 23.9. The topological polar surface area (TPSA) is 100 Å². The van der Waals surface area contributed by atoms with E-state index in [2.05, 4.69) is 9.62 Å². The maximum atomic E-state index is 13.1. The van der Waals surface area contributed by atoms with Crippen molar-refractivity contribution in [3.8, 4) is 5.75 Å². The van der Waals surface area contributed by atoms with Gasteiger partial charge in [0.25, 0.3) is 5.91 Å². The van der Waals surface area contributed by atoms with Gasteiger partial charge in [-0.05, 0) is 97.7 Å². The Hall–Kier alpha value is -2.55. The van der Waals surface area contributed by atoms with E-state index < -0.39 is 22.0 Å². The molecule has 2 aromatic carbocycles. The molecule has 2 aromatic rings. The SMILES string of the molecule is C[C@H]1C/C=C/[C@H](O)[C@@H]2CC[C@H]2CN2CCCCc3cc(Cl)ccc3COc3ccc(cc32)C(=O)NS(=O)(=[OH+])C1. The van der Waals surface area contributed by atoms with Gasteiger partial charge in [0.1, 0.15) is 18.1 Å². The number of carbonyl (C=O) groups is 1. The fraction of sp³-hybridized carbons (Fsp3) is 0.500. The number of rotatable bonds is 0. The second-order valence-electron chi connectivity index (χ2n) is 11.3. The van der Waals surface area contributed by atoms with E-state index in [0.717, 1.165) is 56.4 Å². The minimum absolute atomic E-state index is 0.0607. The maximum absolute atomic E-state index is 13.1. The Morgan fingerprint density at radius 2 is 2.00 bits per heavy atom. The van der Waals surface area contributed by atoms with Crippen LogP contribution in [0.5, 0.6) is 5.75 Å². The lowest BCUT2D eigenvalue weighted by molar-refractivity contribution is 0.0461. The minimum Gasteiger partial charge on any atom is -0.487 e. The summed E-state index contributed by atoms with van der Waals surface area (Å²) in [7, 11) is -3.58. The third kappa shape index (κ3) is 6.79. The molecule has 1 aliphatic carbocycles. The number of benzene rings is 2. The summed E-state index contributed by atoms with van der Waals surface area (Å²) in [5.74, 6) is 0.362. The number of aryl methyl sites for hydroxylation is 1. The van der Waals surface area contributed by atoms with Crippen LogP contribution in [0.25, 0.3) is 0 Å². The minimum atomic E-state index is -3.58. The molecule has 0 radical (unpaired) electrons. The predicted octanol–water partition coefficient (Wildman–Crippen LogP) is 5.26. The molecule has 0 aromatic heterocycles. The molecule has 1 amide bonds. The molecule has 7 nitrogen and oxygen atoms in total. The van der Waals surface area contributed by atoms with Crippen LogP contribution in [0.2, 0.25) is 5.02 Å². The average molecular weight is 574 g/mol. The van der Waals surface area contributed by atoms with E-state index in [9.17, 15) is 18.3 Å². The Labute approximate surface area is 236 Å². The van der Waals surface area contributed by atoms with Gasteiger partial charge in [0.05, 0.1) is 11.8 Å². The van der Waals surface area contributed by atoms with Crippen molar-refractivity contribution in [3.05, 3.63) is 70.3 Å². The normalized spacial score (nSPS) is 30.8. The first-order chi connectivity index (χ1) is 18.7. The Morgan fingerprint density at radius 3 is 2.79 bits per heavy atom. The van der Waals surface area contributed by atoms with Gasteiger partial charge in [0.2, 0.25) is 0 Å². The number of nitrogens with one attached hydrogen (secondary N) is 1. The summed E-state index contributed by atoms with van der Waals surface area (Å²) in [6.07, 6.45) is 8.55. The molecule has 2 aliphatic heterocycles. The number of anilines is 1. The molecule has 3 aliphatic rings. The van der Waals surface area contributed by atoms with E-state index in [-0.39, 0.29) is 17.6 Å². The molecule has 39 heavy (non-hydrogen) atoms. The van der Waals surface area contributed by atoms with Gasteiger partial charge in [-0.3, -0.25) is 4.79 Å². The summed E-state index contributed by atoms with van der Waals surface area (Å²) < 4.78 is 32.1. The molecule has 2 bridgehead atoms. The Kier molecular flexibility index (Phi) is 8.55. The summed E-state index contributed by atoms with van der Waals surface area (Å²) in [4.78, 5) is 15.4. The number of aliphatic hydroxyl groups is 1. The number of hydrogen-bond donors (Lipinski definition) is 2. The highest BCUT2D eigenvalue weighted by Crippen LogP contribution is 2.41. The highest BCUT2D eigenvalue weighted by atomic mass is 35.5. The van der Waals surface area contributed by atoms with Crippen LogP contribution in [0.15, 0.2) is 48.6 Å². The summed E-state index contributed by atoms with van der Waals surface area (Å²) >= 11 is 6.29. The molecular formula is C30H38ClN2O5S+. The van der Waals surface area contributed by atoms with Crippen molar-refractivity contribution >= 4 is 33.2 Å². The van der Waals surface area contributed by atoms with E-state index in [1.807, 2.05) is 37.3 Å². The number of allylic oxidation sites excluding steroid dienone is 1. The molecule has 210 valence electrons. The van der Waals surface area contributed by atoms with Crippen LogP contribution in [0.4, 0.5) is 5.69 Å². The first-order valence-corrected chi connectivity index (χ1v) is 15.9. The molecule has 9 heteroatoms. The first-order valence-electron chi connectivity index (χ1n) is 13.9. The number of carbonyl (C=O) groups excluding carboxylic acids is 1. The maximum Gasteiger partial charge on any atom is 0.368 e. The van der Waals surface area contributed by atoms with Gasteiger partial charge >= 0.3 is 10.0 Å². The molecule has 2 heterocycles. The highest BCUT2D eigenvalue weighted by molar-refractivity contribution is 7.90. The number of fused-ring (bicyclic) bond motifs is 3. The van der Waals surface area contributed by atoms with Crippen LogP contribution in [0.3, 0.4) is 0 Å². The van der Waals surface area contributed by atoms with Crippen LogP contribution >= 0.6 is 11.6 Å². The van der Waals surface area contributed by atoms with Crippen LogP contribution in [-0.2, 0) is 23.1 Å².